The molecule has 29 heavy (non-hydrogen) atoms. The van der Waals surface area contributed by atoms with Crippen molar-refractivity contribution < 1.29 is 9.53 Å². The van der Waals surface area contributed by atoms with Gasteiger partial charge in [0, 0.05) is 11.5 Å². The van der Waals surface area contributed by atoms with Crippen LogP contribution in [0.5, 0.6) is 5.75 Å². The second-order valence-corrected chi connectivity index (χ2v) is 8.94. The van der Waals surface area contributed by atoms with Gasteiger partial charge in [-0.1, -0.05) is 40.7 Å². The summed E-state index contributed by atoms with van der Waals surface area (Å²) in [5.41, 5.74) is 8.22. The van der Waals surface area contributed by atoms with Crippen molar-refractivity contribution in [3.8, 4) is 5.75 Å². The zero-order chi connectivity index (χ0) is 22.4. The first-order valence-electron chi connectivity index (χ1n) is 10.1. The zero-order valence-electron chi connectivity index (χ0n) is 19.3. The van der Waals surface area contributed by atoms with E-state index in [1.165, 1.54) is 0 Å². The monoisotopic (exact) mass is 400 g/mol. The van der Waals surface area contributed by atoms with Crippen molar-refractivity contribution in [2.45, 2.75) is 74.3 Å². The molecule has 6 nitrogen and oxygen atoms in total. The zero-order valence-corrected chi connectivity index (χ0v) is 19.3. The molecule has 1 aromatic heterocycles. The second-order valence-electron chi connectivity index (χ2n) is 8.94. The normalized spacial score (nSPS) is 11.9. The van der Waals surface area contributed by atoms with Gasteiger partial charge in [0.1, 0.15) is 11.4 Å². The molecule has 0 unspecified atom stereocenters. The van der Waals surface area contributed by atoms with E-state index in [1.807, 2.05) is 40.7 Å². The van der Waals surface area contributed by atoms with E-state index in [1.54, 1.807) is 25.1 Å². The number of aryl methyl sites for hydroxylation is 1. The van der Waals surface area contributed by atoms with Crippen molar-refractivity contribution in [3.05, 3.63) is 30.0 Å². The summed E-state index contributed by atoms with van der Waals surface area (Å²) in [5.74, 6) is 0.319. The average Bonchev–Trinajstić information content (AvgIpc) is 2.59. The molecule has 2 aromatic rings. The Balaban J connectivity index is 0.00000204. The Hall–Kier alpha value is -2.63. The van der Waals surface area contributed by atoms with Crippen LogP contribution in [0.2, 0.25) is 0 Å². The number of anilines is 2. The molecule has 160 valence electrons. The van der Waals surface area contributed by atoms with E-state index in [-0.39, 0.29) is 11.3 Å². The van der Waals surface area contributed by atoms with Crippen LogP contribution in [0.3, 0.4) is 0 Å². The third kappa shape index (κ3) is 7.72. The van der Waals surface area contributed by atoms with Crippen LogP contribution in [-0.2, 0) is 4.79 Å². The molecule has 2 rings (SSSR count). The molecular formula is C23H36N4O2. The number of rotatable bonds is 4. The number of nitrogens with two attached hydrogens (primary N) is 1. The SMILES string of the molecule is CC.Cc1nnc2cc(OC(C)(C)C)c(NC(=O)/C=C/CC(C)(C)C)cc2c1N. The van der Waals surface area contributed by atoms with Crippen LogP contribution in [0.1, 0.15) is 67.5 Å². The molecular weight excluding hydrogens is 364 g/mol. The number of amides is 1. The van der Waals surface area contributed by atoms with Gasteiger partial charge >= 0.3 is 0 Å². The Kier molecular flexibility index (Phi) is 8.18. The summed E-state index contributed by atoms with van der Waals surface area (Å²) >= 11 is 0. The van der Waals surface area contributed by atoms with Crippen molar-refractivity contribution >= 4 is 28.2 Å². The molecule has 6 heteroatoms. The van der Waals surface area contributed by atoms with Crippen LogP contribution in [0.4, 0.5) is 11.4 Å². The molecule has 1 amide bonds. The van der Waals surface area contributed by atoms with Crippen LogP contribution in [0.25, 0.3) is 10.9 Å². The summed E-state index contributed by atoms with van der Waals surface area (Å²) in [5, 5.41) is 11.9. The fourth-order valence-electron chi connectivity index (χ4n) is 2.45. The minimum atomic E-state index is -0.432. The lowest BCUT2D eigenvalue weighted by Gasteiger charge is -2.23. The number of carbonyl (C=O) groups is 1. The summed E-state index contributed by atoms with van der Waals surface area (Å²) < 4.78 is 6.02. The molecule has 0 saturated heterocycles. The number of hydrogen-bond acceptors (Lipinski definition) is 5. The van der Waals surface area contributed by atoms with Gasteiger partial charge in [0.25, 0.3) is 0 Å². The molecule has 0 atom stereocenters. The fourth-order valence-corrected chi connectivity index (χ4v) is 2.45. The molecule has 0 bridgehead atoms. The van der Waals surface area contributed by atoms with Gasteiger partial charge in [-0.05, 0) is 51.7 Å². The average molecular weight is 401 g/mol. The van der Waals surface area contributed by atoms with E-state index in [2.05, 4.69) is 36.3 Å². The maximum absolute atomic E-state index is 12.4. The van der Waals surface area contributed by atoms with E-state index >= 15 is 0 Å². The molecule has 1 aromatic carbocycles. The van der Waals surface area contributed by atoms with Gasteiger partial charge in [0.05, 0.1) is 22.6 Å². The lowest BCUT2D eigenvalue weighted by molar-refractivity contribution is -0.111. The highest BCUT2D eigenvalue weighted by atomic mass is 16.5. The summed E-state index contributed by atoms with van der Waals surface area (Å²) in [6.45, 7) is 18.0. The quantitative estimate of drug-likeness (QED) is 0.647. The van der Waals surface area contributed by atoms with Gasteiger partial charge in [0.2, 0.25) is 5.91 Å². The number of hydrogen-bond donors (Lipinski definition) is 2. The van der Waals surface area contributed by atoms with Crippen LogP contribution < -0.4 is 15.8 Å². The highest BCUT2D eigenvalue weighted by Crippen LogP contribution is 2.34. The number of ether oxygens (including phenoxy) is 1. The van der Waals surface area contributed by atoms with E-state index in [0.717, 1.165) is 11.8 Å². The topological polar surface area (TPSA) is 90.1 Å². The van der Waals surface area contributed by atoms with Gasteiger partial charge in [-0.15, -0.1) is 5.10 Å². The predicted octanol–water partition coefficient (Wildman–Crippen LogP) is 5.65. The van der Waals surface area contributed by atoms with Crippen LogP contribution >= 0.6 is 0 Å². The van der Waals surface area contributed by atoms with Gasteiger partial charge in [-0.25, -0.2) is 0 Å². The molecule has 3 N–H and O–H groups in total. The van der Waals surface area contributed by atoms with Crippen LogP contribution in [0.15, 0.2) is 24.3 Å². The second kappa shape index (κ2) is 9.72. The van der Waals surface area contributed by atoms with E-state index in [0.29, 0.717) is 28.3 Å². The highest BCUT2D eigenvalue weighted by Gasteiger charge is 2.18. The predicted molar refractivity (Wildman–Crippen MR) is 122 cm³/mol. The first kappa shape index (κ1) is 24.4. The van der Waals surface area contributed by atoms with Crippen molar-refractivity contribution in [1.29, 1.82) is 0 Å². The van der Waals surface area contributed by atoms with Crippen molar-refractivity contribution in [2.24, 2.45) is 5.41 Å². The molecule has 0 radical (unpaired) electrons. The Morgan fingerprint density at radius 2 is 1.76 bits per heavy atom. The summed E-state index contributed by atoms with van der Waals surface area (Å²) in [6.07, 6.45) is 4.24. The number of carbonyl (C=O) groups excluding carboxylic acids is 1. The van der Waals surface area contributed by atoms with Gasteiger partial charge < -0.3 is 15.8 Å². The van der Waals surface area contributed by atoms with E-state index < -0.39 is 5.60 Å². The van der Waals surface area contributed by atoms with Crippen LogP contribution in [-0.4, -0.2) is 21.7 Å². The first-order chi connectivity index (χ1) is 13.4. The van der Waals surface area contributed by atoms with Crippen molar-refractivity contribution in [1.82, 2.24) is 10.2 Å². The number of nitrogens with one attached hydrogen (secondary N) is 1. The number of benzene rings is 1. The standard InChI is InChI=1S/C21H30N4O2.C2H6/c1-13-19(22)14-11-16(23-18(26)9-8-10-20(2,3)4)17(27-21(5,6)7)12-15(14)25-24-13;1-2/h8-9,11-12H,10H2,1-7H3,(H2,22,25)(H,23,26);1-2H3/b9-8+;. The Morgan fingerprint density at radius 1 is 1.14 bits per heavy atom. The summed E-state index contributed by atoms with van der Waals surface area (Å²) in [7, 11) is 0. The minimum absolute atomic E-state index is 0.130. The highest BCUT2D eigenvalue weighted by molar-refractivity contribution is 6.03. The maximum atomic E-state index is 12.4. The molecule has 0 aliphatic carbocycles. The molecule has 1 heterocycles. The molecule has 0 aliphatic rings. The largest absolute Gasteiger partial charge is 0.486 e. The molecule has 0 fully saturated rings. The number of aromatic nitrogens is 2. The Bertz CT molecular complexity index is 875. The number of nitrogen functional groups attached to an aromatic ring is 1. The van der Waals surface area contributed by atoms with Crippen molar-refractivity contribution in [2.75, 3.05) is 11.1 Å². The lowest BCUT2D eigenvalue weighted by Crippen LogP contribution is -2.24. The Labute approximate surface area is 174 Å². The molecule has 0 saturated carbocycles. The summed E-state index contributed by atoms with van der Waals surface area (Å²) in [6, 6.07) is 3.56. The van der Waals surface area contributed by atoms with Gasteiger partial charge in [0.15, 0.2) is 0 Å². The van der Waals surface area contributed by atoms with Gasteiger partial charge in [-0.2, -0.15) is 5.10 Å². The smallest absolute Gasteiger partial charge is 0.248 e. The van der Waals surface area contributed by atoms with E-state index in [4.69, 9.17) is 10.5 Å². The first-order valence-corrected chi connectivity index (χ1v) is 10.1. The van der Waals surface area contributed by atoms with Gasteiger partial charge in [-0.3, -0.25) is 4.79 Å². The van der Waals surface area contributed by atoms with Crippen molar-refractivity contribution in [3.63, 3.8) is 0 Å². The maximum Gasteiger partial charge on any atom is 0.248 e. The third-order valence-electron chi connectivity index (χ3n) is 3.76. The third-order valence-corrected chi connectivity index (χ3v) is 3.76. The molecule has 0 aliphatic heterocycles. The number of fused-ring (bicyclic) bond motifs is 1. The van der Waals surface area contributed by atoms with Crippen LogP contribution in [0, 0.1) is 12.3 Å². The number of allylic oxidation sites excluding steroid dienone is 1. The van der Waals surface area contributed by atoms with E-state index in [9.17, 15) is 4.79 Å². The number of nitrogens with zero attached hydrogens (tertiary/aromatic N) is 2. The Morgan fingerprint density at radius 3 is 2.31 bits per heavy atom. The fraction of sp³-hybridized carbons (Fsp3) is 0.522. The minimum Gasteiger partial charge on any atom is -0.486 e. The summed E-state index contributed by atoms with van der Waals surface area (Å²) in [4.78, 5) is 12.4. The molecule has 0 spiro atoms. The lowest BCUT2D eigenvalue weighted by atomic mass is 9.92.